The first-order chi connectivity index (χ1) is 15.1. The van der Waals surface area contributed by atoms with Gasteiger partial charge in [-0.25, -0.2) is 8.42 Å². The maximum absolute atomic E-state index is 12.9. The normalized spacial score (nSPS) is 18.8. The van der Waals surface area contributed by atoms with Crippen LogP contribution in [0.4, 0.5) is 0 Å². The summed E-state index contributed by atoms with van der Waals surface area (Å²) < 4.78 is 26.3. The molecule has 3 heterocycles. The number of nitrogens with zero attached hydrogens (tertiary/aromatic N) is 3. The Balaban J connectivity index is 1.46. The van der Waals surface area contributed by atoms with E-state index in [1.807, 2.05) is 31.2 Å². The lowest BCUT2D eigenvalue weighted by atomic mass is 10.1. The zero-order valence-electron chi connectivity index (χ0n) is 18.1. The molecule has 0 bridgehead atoms. The van der Waals surface area contributed by atoms with E-state index in [1.165, 1.54) is 21.0 Å². The molecule has 1 aromatic carbocycles. The number of carbonyl (C=O) groups is 2. The summed E-state index contributed by atoms with van der Waals surface area (Å²) in [4.78, 5) is 40.0. The van der Waals surface area contributed by atoms with Crippen LogP contribution in [0.1, 0.15) is 38.4 Å². The summed E-state index contributed by atoms with van der Waals surface area (Å²) in [7, 11) is -3.30. The summed E-state index contributed by atoms with van der Waals surface area (Å²) >= 11 is 0. The van der Waals surface area contributed by atoms with E-state index in [2.05, 4.69) is 5.32 Å². The van der Waals surface area contributed by atoms with Gasteiger partial charge in [-0.1, -0.05) is 29.8 Å². The van der Waals surface area contributed by atoms with E-state index in [-0.39, 0.29) is 36.3 Å². The summed E-state index contributed by atoms with van der Waals surface area (Å²) in [5.41, 5.74) is 1.74. The number of hydrogen-bond donors (Lipinski definition) is 1. The Morgan fingerprint density at radius 3 is 2.41 bits per heavy atom. The number of sulfonamides is 1. The number of aromatic nitrogens is 1. The molecule has 1 unspecified atom stereocenters. The zero-order chi connectivity index (χ0) is 23.0. The molecule has 2 aliphatic heterocycles. The Labute approximate surface area is 186 Å². The maximum atomic E-state index is 12.9. The highest BCUT2D eigenvalue weighted by atomic mass is 32.2. The lowest BCUT2D eigenvalue weighted by Crippen LogP contribution is -2.57. The number of amides is 2. The third-order valence-corrected chi connectivity index (χ3v) is 7.37. The molecule has 1 N–H and O–H groups in total. The topological polar surface area (TPSA) is 109 Å². The van der Waals surface area contributed by atoms with Crippen LogP contribution >= 0.6 is 0 Å². The van der Waals surface area contributed by atoms with Crippen LogP contribution in [0.2, 0.25) is 0 Å². The largest absolute Gasteiger partial charge is 0.348 e. The molecule has 1 atom stereocenters. The van der Waals surface area contributed by atoms with E-state index in [0.29, 0.717) is 26.1 Å². The Morgan fingerprint density at radius 2 is 1.78 bits per heavy atom. The van der Waals surface area contributed by atoms with Gasteiger partial charge in [-0.2, -0.15) is 4.31 Å². The molecular weight excluding hydrogens is 432 g/mol. The molecule has 2 amide bonds. The first-order valence-electron chi connectivity index (χ1n) is 10.5. The fourth-order valence-corrected chi connectivity index (χ4v) is 5.24. The second-order valence-corrected chi connectivity index (χ2v) is 10.3. The van der Waals surface area contributed by atoms with Gasteiger partial charge in [0, 0.05) is 38.8 Å². The highest BCUT2D eigenvalue weighted by Crippen LogP contribution is 2.23. The molecule has 32 heavy (non-hydrogen) atoms. The number of rotatable bonds is 6. The molecular formula is C22H26N4O5S. The van der Waals surface area contributed by atoms with Crippen LogP contribution in [0.25, 0.3) is 0 Å². The number of fused-ring (bicyclic) bond motifs is 1. The molecule has 170 valence electrons. The van der Waals surface area contributed by atoms with Crippen LogP contribution in [0, 0.1) is 6.92 Å². The molecule has 0 radical (unpaired) electrons. The standard InChI is InChI=1S/C22H26N4O5S/c1-15-3-5-16(6-4-15)13-23-20(27)18-7-8-19-22(29)24(11-12-25(19)21(18)28)14-17-9-10-26(17)32(2,30)31/h3-8,17H,9-14H2,1-2H3,(H,23,27). The summed E-state index contributed by atoms with van der Waals surface area (Å²) in [6.45, 7) is 3.57. The maximum Gasteiger partial charge on any atom is 0.270 e. The van der Waals surface area contributed by atoms with Crippen LogP contribution in [0.3, 0.4) is 0 Å². The minimum absolute atomic E-state index is 0.00986. The minimum Gasteiger partial charge on any atom is -0.348 e. The number of pyridine rings is 1. The predicted octanol–water partition coefficient (Wildman–Crippen LogP) is 0.576. The van der Waals surface area contributed by atoms with Crippen LogP contribution in [-0.4, -0.2) is 65.9 Å². The Kier molecular flexibility index (Phi) is 5.91. The van der Waals surface area contributed by atoms with Crippen LogP contribution in [0.5, 0.6) is 0 Å². The summed E-state index contributed by atoms with van der Waals surface area (Å²) in [5.74, 6) is -0.820. The van der Waals surface area contributed by atoms with Crippen molar-refractivity contribution >= 4 is 21.8 Å². The average molecular weight is 459 g/mol. The minimum atomic E-state index is -3.30. The molecule has 1 fully saturated rings. The van der Waals surface area contributed by atoms with Crippen molar-refractivity contribution in [3.05, 3.63) is 69.1 Å². The number of nitrogens with one attached hydrogen (secondary N) is 1. The third-order valence-electron chi connectivity index (χ3n) is 6.04. The van der Waals surface area contributed by atoms with E-state index >= 15 is 0 Å². The van der Waals surface area contributed by atoms with Crippen molar-refractivity contribution in [1.82, 2.24) is 19.1 Å². The Hall–Kier alpha value is -2.98. The van der Waals surface area contributed by atoms with Gasteiger partial charge in [-0.05, 0) is 31.0 Å². The molecule has 9 nitrogen and oxygen atoms in total. The molecule has 4 rings (SSSR count). The van der Waals surface area contributed by atoms with Crippen molar-refractivity contribution in [1.29, 1.82) is 0 Å². The van der Waals surface area contributed by atoms with E-state index in [9.17, 15) is 22.8 Å². The van der Waals surface area contributed by atoms with Crippen LogP contribution in [-0.2, 0) is 23.1 Å². The quantitative estimate of drug-likeness (QED) is 0.681. The van der Waals surface area contributed by atoms with Gasteiger partial charge in [0.15, 0.2) is 0 Å². The van der Waals surface area contributed by atoms with Gasteiger partial charge in [-0.15, -0.1) is 0 Å². The van der Waals surface area contributed by atoms with Gasteiger partial charge in [0.1, 0.15) is 11.3 Å². The summed E-state index contributed by atoms with van der Waals surface area (Å²) in [6.07, 6.45) is 1.86. The molecule has 2 aromatic rings. The average Bonchev–Trinajstić information content (AvgIpc) is 2.71. The molecule has 0 saturated carbocycles. The van der Waals surface area contributed by atoms with Crippen LogP contribution < -0.4 is 10.9 Å². The molecule has 0 aliphatic carbocycles. The molecule has 2 aliphatic rings. The van der Waals surface area contributed by atoms with Gasteiger partial charge in [0.2, 0.25) is 10.0 Å². The van der Waals surface area contributed by atoms with Crippen LogP contribution in [0.15, 0.2) is 41.2 Å². The molecule has 1 saturated heterocycles. The zero-order valence-corrected chi connectivity index (χ0v) is 18.9. The fourth-order valence-electron chi connectivity index (χ4n) is 4.09. The lowest BCUT2D eigenvalue weighted by molar-refractivity contribution is 0.0599. The van der Waals surface area contributed by atoms with E-state index in [4.69, 9.17) is 0 Å². The molecule has 10 heteroatoms. The predicted molar refractivity (Wildman–Crippen MR) is 119 cm³/mol. The first-order valence-corrected chi connectivity index (χ1v) is 12.3. The number of hydrogen-bond acceptors (Lipinski definition) is 5. The van der Waals surface area contributed by atoms with E-state index in [0.717, 1.165) is 17.4 Å². The first kappa shape index (κ1) is 22.2. The summed E-state index contributed by atoms with van der Waals surface area (Å²) in [6, 6.07) is 10.4. The number of carbonyl (C=O) groups excluding carboxylic acids is 2. The monoisotopic (exact) mass is 458 g/mol. The smallest absolute Gasteiger partial charge is 0.270 e. The lowest BCUT2D eigenvalue weighted by Gasteiger charge is -2.42. The fraction of sp³-hybridized carbons (Fsp3) is 0.409. The van der Waals surface area contributed by atoms with Gasteiger partial charge in [0.05, 0.1) is 6.26 Å². The van der Waals surface area contributed by atoms with Crippen molar-refractivity contribution in [3.8, 4) is 0 Å². The highest BCUT2D eigenvalue weighted by molar-refractivity contribution is 7.88. The van der Waals surface area contributed by atoms with Crippen molar-refractivity contribution in [2.24, 2.45) is 0 Å². The van der Waals surface area contributed by atoms with Crippen molar-refractivity contribution in [2.45, 2.75) is 32.5 Å². The number of benzene rings is 1. The Bertz CT molecular complexity index is 1220. The Morgan fingerprint density at radius 1 is 1.06 bits per heavy atom. The van der Waals surface area contributed by atoms with E-state index < -0.39 is 21.5 Å². The molecule has 0 spiro atoms. The van der Waals surface area contributed by atoms with Crippen molar-refractivity contribution < 1.29 is 18.0 Å². The number of aryl methyl sites for hydroxylation is 1. The van der Waals surface area contributed by atoms with Gasteiger partial charge >= 0.3 is 0 Å². The van der Waals surface area contributed by atoms with Gasteiger partial charge < -0.3 is 14.8 Å². The van der Waals surface area contributed by atoms with Crippen molar-refractivity contribution in [2.75, 3.05) is 25.9 Å². The van der Waals surface area contributed by atoms with Gasteiger partial charge in [-0.3, -0.25) is 14.4 Å². The van der Waals surface area contributed by atoms with Gasteiger partial charge in [0.25, 0.3) is 17.4 Å². The molecule has 1 aromatic heterocycles. The second-order valence-electron chi connectivity index (χ2n) is 8.32. The van der Waals surface area contributed by atoms with Crippen molar-refractivity contribution in [3.63, 3.8) is 0 Å². The second kappa shape index (κ2) is 8.51. The highest BCUT2D eigenvalue weighted by Gasteiger charge is 2.38. The third kappa shape index (κ3) is 4.33. The SMILES string of the molecule is Cc1ccc(CNC(=O)c2ccc3n(c2=O)CCN(CC2CCN2S(C)(=O)=O)C3=O)cc1. The summed E-state index contributed by atoms with van der Waals surface area (Å²) in [5, 5.41) is 2.75. The van der Waals surface area contributed by atoms with E-state index in [1.54, 1.807) is 4.90 Å².